The van der Waals surface area contributed by atoms with Crippen LogP contribution >= 0.6 is 11.6 Å². The number of halogens is 2. The van der Waals surface area contributed by atoms with E-state index in [1.54, 1.807) is 34.9 Å². The van der Waals surface area contributed by atoms with Gasteiger partial charge in [0, 0.05) is 17.8 Å². The molecule has 1 amide bonds. The number of piperidine rings is 1. The van der Waals surface area contributed by atoms with Gasteiger partial charge in [0.2, 0.25) is 0 Å². The third-order valence-electron chi connectivity index (χ3n) is 4.76. The molecule has 0 unspecified atom stereocenters. The Hall–Kier alpha value is -2.44. The maximum atomic E-state index is 14.5. The van der Waals surface area contributed by atoms with Gasteiger partial charge in [-0.15, -0.1) is 0 Å². The van der Waals surface area contributed by atoms with Crippen molar-refractivity contribution in [2.45, 2.75) is 18.8 Å². The smallest absolute Gasteiger partial charge is 0.274 e. The largest absolute Gasteiger partial charge is 0.319 e. The molecule has 26 heavy (non-hydrogen) atoms. The summed E-state index contributed by atoms with van der Waals surface area (Å²) >= 11 is 6.10. The van der Waals surface area contributed by atoms with E-state index in [1.165, 1.54) is 12.3 Å². The van der Waals surface area contributed by atoms with Crippen LogP contribution in [0, 0.1) is 5.82 Å². The summed E-state index contributed by atoms with van der Waals surface area (Å²) in [5, 5.41) is 6.52. The molecule has 0 spiro atoms. The number of hydrogen-bond donors (Lipinski definition) is 2. The molecule has 1 aliphatic heterocycles. The van der Waals surface area contributed by atoms with Crippen molar-refractivity contribution in [1.82, 2.24) is 14.7 Å². The molecule has 2 aromatic heterocycles. The Morgan fingerprint density at radius 2 is 2.08 bits per heavy atom. The molecule has 1 fully saturated rings. The predicted molar refractivity (Wildman–Crippen MR) is 99.4 cm³/mol. The standard InChI is InChI=1S/C19H18ClFN4O/c20-14-3-1-2-4-16(14)24-19(26)17-10-23-18-9-15(21)13(11-25(17)18)12-5-7-22-8-6-12/h1-4,9-12,22H,5-8H2,(H,24,26). The summed E-state index contributed by atoms with van der Waals surface area (Å²) in [5.74, 6) is -0.468. The van der Waals surface area contributed by atoms with Gasteiger partial charge in [0.25, 0.3) is 5.91 Å². The molecular weight excluding hydrogens is 355 g/mol. The second kappa shape index (κ2) is 7.05. The first-order valence-corrected chi connectivity index (χ1v) is 8.94. The third kappa shape index (κ3) is 3.18. The molecule has 134 valence electrons. The molecule has 7 heteroatoms. The normalized spacial score (nSPS) is 15.3. The van der Waals surface area contributed by atoms with E-state index in [0.717, 1.165) is 25.9 Å². The minimum atomic E-state index is -0.339. The molecule has 4 rings (SSSR count). The molecule has 1 saturated heterocycles. The zero-order valence-corrected chi connectivity index (χ0v) is 14.8. The zero-order chi connectivity index (χ0) is 18.1. The summed E-state index contributed by atoms with van der Waals surface area (Å²) < 4.78 is 16.2. The monoisotopic (exact) mass is 372 g/mol. The number of carbonyl (C=O) groups is 1. The number of nitrogens with one attached hydrogen (secondary N) is 2. The van der Waals surface area contributed by atoms with Crippen molar-refractivity contribution in [2.75, 3.05) is 18.4 Å². The number of amides is 1. The first kappa shape index (κ1) is 17.0. The Bertz CT molecular complexity index is 965. The minimum Gasteiger partial charge on any atom is -0.319 e. The minimum absolute atomic E-state index is 0.141. The lowest BCUT2D eigenvalue weighted by Crippen LogP contribution is -2.27. The van der Waals surface area contributed by atoms with Crippen molar-refractivity contribution in [3.05, 3.63) is 64.8 Å². The van der Waals surface area contributed by atoms with Gasteiger partial charge in [-0.05, 0) is 44.0 Å². The third-order valence-corrected chi connectivity index (χ3v) is 5.09. The molecule has 5 nitrogen and oxygen atoms in total. The quantitative estimate of drug-likeness (QED) is 0.734. The van der Waals surface area contributed by atoms with Gasteiger partial charge in [-0.2, -0.15) is 0 Å². The van der Waals surface area contributed by atoms with Gasteiger partial charge in [0.15, 0.2) is 0 Å². The fourth-order valence-electron chi connectivity index (χ4n) is 3.37. The van der Waals surface area contributed by atoms with Crippen LogP contribution in [0.2, 0.25) is 5.02 Å². The van der Waals surface area contributed by atoms with E-state index in [-0.39, 0.29) is 17.6 Å². The fraction of sp³-hybridized carbons (Fsp3) is 0.263. The van der Waals surface area contributed by atoms with Crippen LogP contribution in [0.5, 0.6) is 0 Å². The number of fused-ring (bicyclic) bond motifs is 1. The van der Waals surface area contributed by atoms with Crippen LogP contribution in [0.25, 0.3) is 5.65 Å². The van der Waals surface area contributed by atoms with Crippen molar-refractivity contribution in [3.63, 3.8) is 0 Å². The first-order chi connectivity index (χ1) is 12.6. The number of nitrogens with zero attached hydrogens (tertiary/aromatic N) is 2. The van der Waals surface area contributed by atoms with Gasteiger partial charge in [0.05, 0.1) is 16.9 Å². The summed E-state index contributed by atoms with van der Waals surface area (Å²) in [6.45, 7) is 1.73. The van der Waals surface area contributed by atoms with E-state index in [9.17, 15) is 9.18 Å². The van der Waals surface area contributed by atoms with Gasteiger partial charge in [-0.1, -0.05) is 23.7 Å². The van der Waals surface area contributed by atoms with Crippen molar-refractivity contribution in [3.8, 4) is 0 Å². The Labute approximate surface area is 155 Å². The summed E-state index contributed by atoms with van der Waals surface area (Å²) in [7, 11) is 0. The van der Waals surface area contributed by atoms with E-state index in [4.69, 9.17) is 11.6 Å². The van der Waals surface area contributed by atoms with E-state index in [0.29, 0.717) is 27.6 Å². The maximum Gasteiger partial charge on any atom is 0.274 e. The highest BCUT2D eigenvalue weighted by molar-refractivity contribution is 6.33. The van der Waals surface area contributed by atoms with E-state index < -0.39 is 0 Å². The SMILES string of the molecule is O=C(Nc1ccccc1Cl)c1cnc2cc(F)c(C3CCNCC3)cn12. The summed E-state index contributed by atoms with van der Waals surface area (Å²) in [5.41, 5.74) is 1.90. The summed E-state index contributed by atoms with van der Waals surface area (Å²) in [6.07, 6.45) is 4.90. The summed E-state index contributed by atoms with van der Waals surface area (Å²) in [4.78, 5) is 16.8. The number of aromatic nitrogens is 2. The van der Waals surface area contributed by atoms with Gasteiger partial charge in [-0.25, -0.2) is 9.37 Å². The lowest BCUT2D eigenvalue weighted by Gasteiger charge is -2.23. The zero-order valence-electron chi connectivity index (χ0n) is 14.0. The van der Waals surface area contributed by atoms with Crippen LogP contribution in [0.4, 0.5) is 10.1 Å². The van der Waals surface area contributed by atoms with E-state index >= 15 is 0 Å². The number of pyridine rings is 1. The number of carbonyl (C=O) groups excluding carboxylic acids is 1. The first-order valence-electron chi connectivity index (χ1n) is 8.56. The van der Waals surface area contributed by atoms with Gasteiger partial charge in [0.1, 0.15) is 17.2 Å². The van der Waals surface area contributed by atoms with Crippen molar-refractivity contribution < 1.29 is 9.18 Å². The molecule has 0 bridgehead atoms. The van der Waals surface area contributed by atoms with Gasteiger partial charge >= 0.3 is 0 Å². The molecule has 3 heterocycles. The second-order valence-electron chi connectivity index (χ2n) is 6.41. The molecule has 2 N–H and O–H groups in total. The van der Waals surface area contributed by atoms with Crippen molar-refractivity contribution >= 4 is 28.8 Å². The molecule has 0 aliphatic carbocycles. The Kier molecular flexibility index (Phi) is 4.61. The average molecular weight is 373 g/mol. The molecule has 1 aliphatic rings. The average Bonchev–Trinajstić information content (AvgIpc) is 3.06. The van der Waals surface area contributed by atoms with Crippen LogP contribution in [0.15, 0.2) is 42.7 Å². The van der Waals surface area contributed by atoms with Crippen LogP contribution in [0.3, 0.4) is 0 Å². The number of hydrogen-bond acceptors (Lipinski definition) is 3. The van der Waals surface area contributed by atoms with Crippen molar-refractivity contribution in [1.29, 1.82) is 0 Å². The van der Waals surface area contributed by atoms with Crippen LogP contribution in [-0.2, 0) is 0 Å². The number of anilines is 1. The molecule has 0 atom stereocenters. The maximum absolute atomic E-state index is 14.5. The van der Waals surface area contributed by atoms with Gasteiger partial charge < -0.3 is 10.6 Å². The molecular formula is C19H18ClFN4O. The van der Waals surface area contributed by atoms with E-state index in [1.807, 2.05) is 0 Å². The van der Waals surface area contributed by atoms with Gasteiger partial charge in [-0.3, -0.25) is 9.20 Å². The Balaban J connectivity index is 1.69. The number of para-hydroxylation sites is 1. The fourth-order valence-corrected chi connectivity index (χ4v) is 3.55. The Morgan fingerprint density at radius 3 is 2.85 bits per heavy atom. The highest BCUT2D eigenvalue weighted by atomic mass is 35.5. The molecule has 0 radical (unpaired) electrons. The number of benzene rings is 1. The summed E-state index contributed by atoms with van der Waals surface area (Å²) in [6, 6.07) is 8.41. The molecule has 1 aromatic carbocycles. The molecule has 3 aromatic rings. The highest BCUT2D eigenvalue weighted by Gasteiger charge is 2.22. The second-order valence-corrected chi connectivity index (χ2v) is 6.81. The number of rotatable bonds is 3. The van der Waals surface area contributed by atoms with Crippen LogP contribution in [0.1, 0.15) is 34.8 Å². The van der Waals surface area contributed by atoms with Crippen LogP contribution < -0.4 is 10.6 Å². The topological polar surface area (TPSA) is 58.4 Å². The lowest BCUT2D eigenvalue weighted by molar-refractivity contribution is 0.102. The highest BCUT2D eigenvalue weighted by Crippen LogP contribution is 2.28. The molecule has 0 saturated carbocycles. The predicted octanol–water partition coefficient (Wildman–Crippen LogP) is 3.85. The van der Waals surface area contributed by atoms with E-state index in [2.05, 4.69) is 15.6 Å². The number of imidazole rings is 1. The lowest BCUT2D eigenvalue weighted by atomic mass is 9.91. The van der Waals surface area contributed by atoms with Crippen molar-refractivity contribution in [2.24, 2.45) is 0 Å². The van der Waals surface area contributed by atoms with Crippen LogP contribution in [-0.4, -0.2) is 28.4 Å². The Morgan fingerprint density at radius 1 is 1.31 bits per heavy atom.